The number of primary amides is 1. The molecular weight excluding hydrogens is 524 g/mol. The molecule has 2 aliphatic carbocycles. The predicted molar refractivity (Wildman–Crippen MR) is 150 cm³/mol. The second kappa shape index (κ2) is 11.8. The number of carbonyl (C=O) groups is 5. The van der Waals surface area contributed by atoms with Gasteiger partial charge in [-0.1, -0.05) is 80.6 Å². The molecule has 6 N–H and O–H groups in total. The molecule has 10 heteroatoms. The lowest BCUT2D eigenvalue weighted by Crippen LogP contribution is -2.57. The van der Waals surface area contributed by atoms with Crippen molar-refractivity contribution in [3.05, 3.63) is 59.7 Å². The van der Waals surface area contributed by atoms with Crippen LogP contribution in [0, 0.1) is 11.8 Å². The molecule has 1 saturated heterocycles. The molecule has 4 amide bonds. The van der Waals surface area contributed by atoms with Crippen LogP contribution in [0.2, 0.25) is 0 Å². The summed E-state index contributed by atoms with van der Waals surface area (Å²) >= 11 is 0. The largest absolute Gasteiger partial charge is 0.372 e. The maximum atomic E-state index is 14.0. The Balaban J connectivity index is 1.42. The van der Waals surface area contributed by atoms with Gasteiger partial charge in [0.05, 0.1) is 6.04 Å². The molecule has 1 aliphatic heterocycles. The molecule has 0 spiro atoms. The fraction of sp³-hybridized carbons (Fsp3) is 0.452. The first-order valence-corrected chi connectivity index (χ1v) is 14.3. The van der Waals surface area contributed by atoms with Crippen LogP contribution in [0.1, 0.15) is 62.5 Å². The summed E-state index contributed by atoms with van der Waals surface area (Å²) in [5, 5.41) is 20.1. The van der Waals surface area contributed by atoms with Gasteiger partial charge in [-0.15, -0.1) is 0 Å². The number of fused-ring (bicyclic) bond motifs is 3. The minimum atomic E-state index is -2.03. The lowest BCUT2D eigenvalue weighted by Gasteiger charge is -2.31. The maximum absolute atomic E-state index is 14.0. The lowest BCUT2D eigenvalue weighted by atomic mass is 9.84. The number of ketones is 1. The Hall–Kier alpha value is -4.05. The first kappa shape index (κ1) is 28.5. The van der Waals surface area contributed by atoms with Crippen molar-refractivity contribution in [2.45, 2.75) is 69.1 Å². The zero-order valence-corrected chi connectivity index (χ0v) is 22.9. The zero-order valence-electron chi connectivity index (χ0n) is 22.9. The van der Waals surface area contributed by atoms with E-state index in [2.05, 4.69) is 16.0 Å². The molecule has 2 aromatic carbocycles. The third-order valence-corrected chi connectivity index (χ3v) is 8.73. The molecule has 2 aromatic rings. The van der Waals surface area contributed by atoms with Gasteiger partial charge < -0.3 is 26.8 Å². The average molecular weight is 561 g/mol. The molecule has 1 saturated carbocycles. The third-order valence-electron chi connectivity index (χ3n) is 8.73. The van der Waals surface area contributed by atoms with Gasteiger partial charge in [0.2, 0.25) is 17.6 Å². The van der Waals surface area contributed by atoms with Crippen LogP contribution in [0.3, 0.4) is 0 Å². The molecule has 1 heterocycles. The number of rotatable bonds is 10. The van der Waals surface area contributed by atoms with Crippen molar-refractivity contribution >= 4 is 29.4 Å². The molecular formula is C31H36N4O6. The molecule has 10 nitrogen and oxygen atoms in total. The number of benzene rings is 2. The van der Waals surface area contributed by atoms with E-state index >= 15 is 0 Å². The zero-order chi connectivity index (χ0) is 29.1. The van der Waals surface area contributed by atoms with Gasteiger partial charge in [0.15, 0.2) is 5.60 Å². The van der Waals surface area contributed by atoms with Gasteiger partial charge in [-0.2, -0.15) is 0 Å². The molecule has 3 atom stereocenters. The number of hydrogen-bond donors (Lipinski definition) is 5. The number of nitrogens with two attached hydrogens (primary N) is 1. The van der Waals surface area contributed by atoms with Crippen LogP contribution in [0.15, 0.2) is 48.5 Å². The lowest BCUT2D eigenvalue weighted by molar-refractivity contribution is -0.141. The van der Waals surface area contributed by atoms with Crippen molar-refractivity contribution in [1.82, 2.24) is 16.0 Å². The second-order valence-corrected chi connectivity index (χ2v) is 11.4. The molecule has 5 rings (SSSR count). The normalized spacial score (nSPS) is 20.7. The summed E-state index contributed by atoms with van der Waals surface area (Å²) < 4.78 is 0. The molecule has 2 fully saturated rings. The molecule has 41 heavy (non-hydrogen) atoms. The Morgan fingerprint density at radius 1 is 0.878 bits per heavy atom. The predicted octanol–water partition coefficient (Wildman–Crippen LogP) is 1.42. The fourth-order valence-corrected chi connectivity index (χ4v) is 6.54. The number of carbonyl (C=O) groups excluding carboxylic acids is 5. The smallest absolute Gasteiger partial charge is 0.287 e. The summed E-state index contributed by atoms with van der Waals surface area (Å²) in [5.41, 5.74) is 5.56. The molecule has 0 radical (unpaired) electrons. The van der Waals surface area contributed by atoms with Crippen molar-refractivity contribution in [2.75, 3.05) is 6.54 Å². The highest BCUT2D eigenvalue weighted by Gasteiger charge is 2.49. The molecule has 216 valence electrons. The van der Waals surface area contributed by atoms with E-state index in [-0.39, 0.29) is 18.2 Å². The van der Waals surface area contributed by atoms with Crippen molar-refractivity contribution in [3.63, 3.8) is 0 Å². The number of Topliss-reactive ketones (excluding diaryl/α,β-unsaturated/α-hetero) is 1. The van der Waals surface area contributed by atoms with Crippen LogP contribution in [-0.4, -0.2) is 53.1 Å². The van der Waals surface area contributed by atoms with E-state index in [1.54, 1.807) is 24.3 Å². The van der Waals surface area contributed by atoms with Crippen LogP contribution in [0.5, 0.6) is 0 Å². The number of nitrogens with one attached hydrogen (secondary N) is 3. The SMILES string of the molecule is NC(=O)C(=O)[C@H](C[C@@H]1CCNC1=O)NC(=O)[C@@H](CC1CCCCC1)NC(=O)C1(O)c2ccccc2-c2ccccc21. The van der Waals surface area contributed by atoms with E-state index < -0.39 is 47.1 Å². The quantitative estimate of drug-likeness (QED) is 0.276. The topological polar surface area (TPSA) is 168 Å². The van der Waals surface area contributed by atoms with Crippen molar-refractivity contribution in [3.8, 4) is 11.1 Å². The Kier molecular flexibility index (Phi) is 8.21. The van der Waals surface area contributed by atoms with E-state index in [1.807, 2.05) is 24.3 Å². The van der Waals surface area contributed by atoms with Gasteiger partial charge in [0, 0.05) is 23.6 Å². The van der Waals surface area contributed by atoms with Crippen LogP contribution >= 0.6 is 0 Å². The first-order chi connectivity index (χ1) is 19.7. The molecule has 0 aromatic heterocycles. The van der Waals surface area contributed by atoms with Crippen molar-refractivity contribution in [2.24, 2.45) is 17.6 Å². The van der Waals surface area contributed by atoms with Crippen LogP contribution in [0.25, 0.3) is 11.1 Å². The Morgan fingerprint density at radius 3 is 2.05 bits per heavy atom. The van der Waals surface area contributed by atoms with Crippen LogP contribution in [0.4, 0.5) is 0 Å². The van der Waals surface area contributed by atoms with E-state index in [1.165, 1.54) is 0 Å². The van der Waals surface area contributed by atoms with E-state index in [0.717, 1.165) is 43.2 Å². The summed E-state index contributed by atoms with van der Waals surface area (Å²) in [7, 11) is 0. The molecule has 0 bridgehead atoms. The van der Waals surface area contributed by atoms with Crippen molar-refractivity contribution in [1.29, 1.82) is 0 Å². The monoisotopic (exact) mass is 560 g/mol. The van der Waals surface area contributed by atoms with Gasteiger partial charge in [-0.3, -0.25) is 24.0 Å². The number of amides is 4. The summed E-state index contributed by atoms with van der Waals surface area (Å²) in [5.74, 6) is -4.28. The van der Waals surface area contributed by atoms with Gasteiger partial charge in [0.1, 0.15) is 6.04 Å². The van der Waals surface area contributed by atoms with Gasteiger partial charge >= 0.3 is 0 Å². The van der Waals surface area contributed by atoms with Crippen LogP contribution in [-0.2, 0) is 29.6 Å². The minimum absolute atomic E-state index is 0.0753. The van der Waals surface area contributed by atoms with Crippen LogP contribution < -0.4 is 21.7 Å². The first-order valence-electron chi connectivity index (χ1n) is 14.3. The second-order valence-electron chi connectivity index (χ2n) is 11.4. The third kappa shape index (κ3) is 5.61. The van der Waals surface area contributed by atoms with Crippen molar-refractivity contribution < 1.29 is 29.1 Å². The molecule has 0 unspecified atom stereocenters. The Labute approximate surface area is 238 Å². The van der Waals surface area contributed by atoms with Gasteiger partial charge in [-0.25, -0.2) is 0 Å². The minimum Gasteiger partial charge on any atom is -0.372 e. The number of hydrogen-bond acceptors (Lipinski definition) is 6. The summed E-state index contributed by atoms with van der Waals surface area (Å²) in [6, 6.07) is 11.8. The highest BCUT2D eigenvalue weighted by molar-refractivity contribution is 6.38. The number of aliphatic hydroxyl groups is 1. The van der Waals surface area contributed by atoms with Gasteiger partial charge in [0.25, 0.3) is 11.8 Å². The standard InChI is InChI=1S/C31H36N4O6/c32-27(37)26(36)24(17-19-14-15-33-28(19)38)34-29(39)25(16-18-8-2-1-3-9-18)35-30(40)31(41)22-12-6-4-10-20(22)21-11-5-7-13-23(21)31/h4-7,10-13,18-19,24-25,41H,1-3,8-9,14-17H2,(H2,32,37)(H,33,38)(H,34,39)(H,35,40)/t19-,24-,25+/m0/s1. The Bertz CT molecular complexity index is 1320. The summed E-state index contributed by atoms with van der Waals surface area (Å²) in [6.45, 7) is 0.441. The average Bonchev–Trinajstić information content (AvgIpc) is 3.51. The summed E-state index contributed by atoms with van der Waals surface area (Å²) in [4.78, 5) is 64.4. The highest BCUT2D eigenvalue weighted by Crippen LogP contribution is 2.47. The summed E-state index contributed by atoms with van der Waals surface area (Å²) in [6.07, 6.45) is 5.60. The molecule has 3 aliphatic rings. The highest BCUT2D eigenvalue weighted by atomic mass is 16.3. The maximum Gasteiger partial charge on any atom is 0.287 e. The Morgan fingerprint density at radius 2 is 1.49 bits per heavy atom. The fourth-order valence-electron chi connectivity index (χ4n) is 6.54. The van der Waals surface area contributed by atoms with E-state index in [9.17, 15) is 29.1 Å². The van der Waals surface area contributed by atoms with Gasteiger partial charge in [-0.05, 0) is 36.3 Å². The van der Waals surface area contributed by atoms with E-state index in [0.29, 0.717) is 30.5 Å². The van der Waals surface area contributed by atoms with E-state index in [4.69, 9.17) is 5.73 Å².